The van der Waals surface area contributed by atoms with Gasteiger partial charge in [-0.05, 0) is 37.1 Å². The lowest BCUT2D eigenvalue weighted by Crippen LogP contribution is -2.25. The van der Waals surface area contributed by atoms with Crippen molar-refractivity contribution in [3.05, 3.63) is 49.5 Å². The number of hydrogen-bond acceptors (Lipinski definition) is 3. The second kappa shape index (κ2) is 6.24. The van der Waals surface area contributed by atoms with Crippen LogP contribution in [0.2, 0.25) is 4.34 Å². The van der Waals surface area contributed by atoms with E-state index in [9.17, 15) is 9.59 Å². The smallest absolute Gasteiger partial charge is 0.274 e. The van der Waals surface area contributed by atoms with Gasteiger partial charge in [0.05, 0.1) is 4.34 Å². The van der Waals surface area contributed by atoms with Crippen molar-refractivity contribution in [1.82, 2.24) is 4.57 Å². The molecule has 106 valence electrons. The maximum atomic E-state index is 11.9. The van der Waals surface area contributed by atoms with Crippen LogP contribution in [0.3, 0.4) is 0 Å². The van der Waals surface area contributed by atoms with Gasteiger partial charge in [0.15, 0.2) is 0 Å². The molecule has 0 bridgehead atoms. The van der Waals surface area contributed by atoms with Gasteiger partial charge in [0.2, 0.25) is 5.91 Å². The molecule has 0 unspecified atom stereocenters. The number of pyridine rings is 1. The summed E-state index contributed by atoms with van der Waals surface area (Å²) in [7, 11) is 1.66. The molecule has 0 aliphatic heterocycles. The van der Waals surface area contributed by atoms with Crippen LogP contribution in [-0.2, 0) is 18.3 Å². The molecule has 0 spiro atoms. The summed E-state index contributed by atoms with van der Waals surface area (Å²) < 4.78 is 2.16. The Morgan fingerprint density at radius 3 is 2.80 bits per heavy atom. The van der Waals surface area contributed by atoms with Crippen LogP contribution in [0.1, 0.15) is 16.9 Å². The van der Waals surface area contributed by atoms with Crippen molar-refractivity contribution < 1.29 is 4.79 Å². The molecule has 0 saturated carbocycles. The first-order chi connectivity index (χ1) is 9.47. The van der Waals surface area contributed by atoms with Gasteiger partial charge in [-0.1, -0.05) is 11.6 Å². The molecule has 6 heteroatoms. The largest absolute Gasteiger partial charge is 0.321 e. The third-order valence-corrected chi connectivity index (χ3v) is 4.26. The van der Waals surface area contributed by atoms with Crippen LogP contribution in [0.15, 0.2) is 29.2 Å². The van der Waals surface area contributed by atoms with Gasteiger partial charge in [-0.3, -0.25) is 9.59 Å². The Hall–Kier alpha value is -1.59. The van der Waals surface area contributed by atoms with E-state index in [1.807, 2.05) is 12.1 Å². The molecule has 0 aliphatic rings. The predicted octanol–water partition coefficient (Wildman–Crippen LogP) is 2.98. The van der Waals surface area contributed by atoms with Crippen molar-refractivity contribution in [1.29, 1.82) is 0 Å². The molecule has 2 aromatic rings. The molecule has 4 nitrogen and oxygen atoms in total. The zero-order valence-electron chi connectivity index (χ0n) is 11.3. The molecule has 0 radical (unpaired) electrons. The summed E-state index contributed by atoms with van der Waals surface area (Å²) in [6.07, 6.45) is 2.63. The minimum absolute atomic E-state index is 0.166. The third-order valence-electron chi connectivity index (χ3n) is 2.97. The molecule has 2 heterocycles. The fourth-order valence-electron chi connectivity index (χ4n) is 1.80. The number of thiophene rings is 1. The zero-order chi connectivity index (χ0) is 14.7. The monoisotopic (exact) mass is 310 g/mol. The molecule has 1 amide bonds. The third kappa shape index (κ3) is 3.49. The molecule has 0 aromatic carbocycles. The Bertz CT molecular complexity index is 691. The number of carbonyl (C=O) groups is 1. The van der Waals surface area contributed by atoms with Gasteiger partial charge in [-0.15, -0.1) is 11.3 Å². The van der Waals surface area contributed by atoms with E-state index in [2.05, 4.69) is 5.32 Å². The van der Waals surface area contributed by atoms with Crippen LogP contribution in [0.4, 0.5) is 5.69 Å². The summed E-state index contributed by atoms with van der Waals surface area (Å²) in [5.74, 6) is -0.166. The second-order valence-electron chi connectivity index (χ2n) is 4.54. The number of nitrogens with zero attached hydrogens (tertiary/aromatic N) is 1. The lowest BCUT2D eigenvalue weighted by atomic mass is 10.2. The molecule has 0 aliphatic carbocycles. The SMILES string of the molecule is Cc1ccn(C)c(=O)c1NC(=O)CCc1ccc(Cl)s1. The molecule has 0 fully saturated rings. The molecule has 2 rings (SSSR count). The van der Waals surface area contributed by atoms with E-state index >= 15 is 0 Å². The highest BCUT2D eigenvalue weighted by molar-refractivity contribution is 7.16. The summed E-state index contributed by atoms with van der Waals surface area (Å²) in [6.45, 7) is 1.80. The van der Waals surface area contributed by atoms with Crippen LogP contribution in [-0.4, -0.2) is 10.5 Å². The van der Waals surface area contributed by atoms with Gasteiger partial charge in [-0.2, -0.15) is 0 Å². The van der Waals surface area contributed by atoms with Crippen LogP contribution < -0.4 is 10.9 Å². The number of rotatable bonds is 4. The van der Waals surface area contributed by atoms with Crippen LogP contribution in [0.25, 0.3) is 0 Å². The van der Waals surface area contributed by atoms with E-state index in [1.54, 1.807) is 26.2 Å². The van der Waals surface area contributed by atoms with E-state index < -0.39 is 0 Å². The van der Waals surface area contributed by atoms with Gasteiger partial charge in [0.1, 0.15) is 5.69 Å². The second-order valence-corrected chi connectivity index (χ2v) is 6.34. The average Bonchev–Trinajstić information content (AvgIpc) is 2.83. The minimum atomic E-state index is -0.197. The van der Waals surface area contributed by atoms with Crippen molar-refractivity contribution in [2.75, 3.05) is 5.32 Å². The molecule has 20 heavy (non-hydrogen) atoms. The topological polar surface area (TPSA) is 51.1 Å². The minimum Gasteiger partial charge on any atom is -0.321 e. The van der Waals surface area contributed by atoms with Crippen LogP contribution in [0.5, 0.6) is 0 Å². The maximum Gasteiger partial charge on any atom is 0.274 e. The van der Waals surface area contributed by atoms with Gasteiger partial charge >= 0.3 is 0 Å². The Morgan fingerprint density at radius 2 is 2.15 bits per heavy atom. The van der Waals surface area contributed by atoms with E-state index in [0.717, 1.165) is 10.4 Å². The number of nitrogens with one attached hydrogen (secondary N) is 1. The van der Waals surface area contributed by atoms with Crippen molar-refractivity contribution in [2.45, 2.75) is 19.8 Å². The first kappa shape index (κ1) is 14.8. The average molecular weight is 311 g/mol. The molecule has 1 N–H and O–H groups in total. The van der Waals surface area contributed by atoms with Crippen molar-refractivity contribution in [3.63, 3.8) is 0 Å². The normalized spacial score (nSPS) is 10.6. The number of carbonyl (C=O) groups excluding carboxylic acids is 1. The Balaban J connectivity index is 2.02. The van der Waals surface area contributed by atoms with Crippen molar-refractivity contribution in [3.8, 4) is 0 Å². The Morgan fingerprint density at radius 1 is 1.40 bits per heavy atom. The summed E-state index contributed by atoms with van der Waals surface area (Å²) in [5.41, 5.74) is 0.919. The van der Waals surface area contributed by atoms with Gasteiger partial charge < -0.3 is 9.88 Å². The van der Waals surface area contributed by atoms with Gasteiger partial charge in [-0.25, -0.2) is 0 Å². The van der Waals surface area contributed by atoms with Crippen molar-refractivity contribution in [2.24, 2.45) is 7.05 Å². The van der Waals surface area contributed by atoms with Crippen LogP contribution in [0, 0.1) is 6.92 Å². The maximum absolute atomic E-state index is 11.9. The van der Waals surface area contributed by atoms with E-state index in [1.165, 1.54) is 15.9 Å². The van der Waals surface area contributed by atoms with E-state index in [0.29, 0.717) is 22.9 Å². The predicted molar refractivity (Wildman–Crippen MR) is 82.7 cm³/mol. The highest BCUT2D eigenvalue weighted by atomic mass is 35.5. The van der Waals surface area contributed by atoms with E-state index in [4.69, 9.17) is 11.6 Å². The lowest BCUT2D eigenvalue weighted by molar-refractivity contribution is -0.116. The summed E-state index contributed by atoms with van der Waals surface area (Å²) >= 11 is 7.30. The van der Waals surface area contributed by atoms with Gasteiger partial charge in [0.25, 0.3) is 5.56 Å². The molecule has 2 aromatic heterocycles. The highest BCUT2D eigenvalue weighted by Gasteiger charge is 2.10. The number of hydrogen-bond donors (Lipinski definition) is 1. The van der Waals surface area contributed by atoms with Gasteiger partial charge in [0, 0.05) is 24.5 Å². The zero-order valence-corrected chi connectivity index (χ0v) is 12.8. The van der Waals surface area contributed by atoms with Crippen LogP contribution >= 0.6 is 22.9 Å². The summed E-state index contributed by atoms with van der Waals surface area (Å²) in [5, 5.41) is 2.70. The lowest BCUT2D eigenvalue weighted by Gasteiger charge is -2.08. The molecule has 0 atom stereocenters. The number of halogens is 1. The first-order valence-corrected chi connectivity index (χ1v) is 7.37. The fourth-order valence-corrected chi connectivity index (χ4v) is 2.88. The number of amides is 1. The summed E-state index contributed by atoms with van der Waals surface area (Å²) in [6, 6.07) is 5.53. The summed E-state index contributed by atoms with van der Waals surface area (Å²) in [4.78, 5) is 24.9. The quantitative estimate of drug-likeness (QED) is 0.944. The number of aryl methyl sites for hydroxylation is 3. The molecular formula is C14H15ClN2O2S. The Labute approximate surface area is 126 Å². The highest BCUT2D eigenvalue weighted by Crippen LogP contribution is 2.22. The first-order valence-electron chi connectivity index (χ1n) is 6.17. The standard InChI is InChI=1S/C14H15ClN2O2S/c1-9-7-8-17(2)14(19)13(9)16-12(18)6-4-10-3-5-11(15)20-10/h3,5,7-8H,4,6H2,1-2H3,(H,16,18). The number of aromatic nitrogens is 1. The molecular weight excluding hydrogens is 296 g/mol. The van der Waals surface area contributed by atoms with Crippen molar-refractivity contribution >= 4 is 34.5 Å². The fraction of sp³-hybridized carbons (Fsp3) is 0.286. The Kier molecular flexibility index (Phi) is 4.62. The van der Waals surface area contributed by atoms with E-state index in [-0.39, 0.29) is 11.5 Å². The molecule has 0 saturated heterocycles. The number of anilines is 1.